The number of benzene rings is 1. The van der Waals surface area contributed by atoms with Crippen LogP contribution in [0.5, 0.6) is 0 Å². The summed E-state index contributed by atoms with van der Waals surface area (Å²) >= 11 is 1.65. The predicted octanol–water partition coefficient (Wildman–Crippen LogP) is 4.07. The van der Waals surface area contributed by atoms with Crippen LogP contribution in [0.2, 0.25) is 0 Å². The minimum Gasteiger partial charge on any atom is -0.465 e. The fraction of sp³-hybridized carbons (Fsp3) is 0.381. The van der Waals surface area contributed by atoms with E-state index in [4.69, 9.17) is 9.72 Å². The van der Waals surface area contributed by atoms with Gasteiger partial charge in [0.15, 0.2) is 0 Å². The molecule has 28 heavy (non-hydrogen) atoms. The Morgan fingerprint density at radius 1 is 1.36 bits per heavy atom. The minimum atomic E-state index is -0.368. The number of carbonyl (C=O) groups is 1. The number of rotatable bonds is 4. The molecule has 2 atom stereocenters. The number of carbonyl (C=O) groups excluding carboxylic acids is 1. The molecule has 2 heterocycles. The zero-order chi connectivity index (χ0) is 19.8. The number of hydrogen-bond acceptors (Lipinski definition) is 6. The van der Waals surface area contributed by atoms with Crippen molar-refractivity contribution in [1.82, 2.24) is 9.97 Å². The first-order chi connectivity index (χ1) is 13.5. The third-order valence-electron chi connectivity index (χ3n) is 5.28. The quantitative estimate of drug-likeness (QED) is 0.649. The number of methoxy groups -OCH3 is 1. The molecule has 0 saturated heterocycles. The number of fused-ring (bicyclic) bond motifs is 3. The van der Waals surface area contributed by atoms with Crippen molar-refractivity contribution in [2.24, 2.45) is 5.92 Å². The molecule has 6 nitrogen and oxygen atoms in total. The fourth-order valence-electron chi connectivity index (χ4n) is 3.71. The molecule has 3 aromatic rings. The Kier molecular flexibility index (Phi) is 4.93. The molecule has 0 spiro atoms. The van der Waals surface area contributed by atoms with Crippen LogP contribution >= 0.6 is 11.3 Å². The van der Waals surface area contributed by atoms with Crippen LogP contribution in [0.15, 0.2) is 29.1 Å². The van der Waals surface area contributed by atoms with Crippen molar-refractivity contribution in [3.8, 4) is 0 Å². The summed E-state index contributed by atoms with van der Waals surface area (Å²) in [6.45, 7) is 4.21. The van der Waals surface area contributed by atoms with E-state index in [2.05, 4.69) is 17.2 Å². The highest BCUT2D eigenvalue weighted by Gasteiger charge is 2.23. The lowest BCUT2D eigenvalue weighted by atomic mass is 9.89. The van der Waals surface area contributed by atoms with E-state index in [1.165, 1.54) is 17.6 Å². The Balaban J connectivity index is 1.60. The van der Waals surface area contributed by atoms with Crippen LogP contribution in [-0.4, -0.2) is 23.0 Å². The number of aryl methyl sites for hydroxylation is 1. The smallest absolute Gasteiger partial charge is 0.337 e. The highest BCUT2D eigenvalue weighted by molar-refractivity contribution is 7.18. The molecule has 1 aliphatic carbocycles. The van der Waals surface area contributed by atoms with E-state index >= 15 is 0 Å². The molecule has 0 fully saturated rings. The number of nitrogens with zero attached hydrogens (tertiary/aromatic N) is 1. The number of nitrogens with one attached hydrogen (secondary N) is 2. The number of esters is 1. The van der Waals surface area contributed by atoms with Gasteiger partial charge in [0.2, 0.25) is 0 Å². The van der Waals surface area contributed by atoms with Crippen LogP contribution in [0, 0.1) is 5.92 Å². The summed E-state index contributed by atoms with van der Waals surface area (Å²) in [6, 6.07) is 6.85. The maximum Gasteiger partial charge on any atom is 0.337 e. The number of ether oxygens (including phenoxy) is 1. The third kappa shape index (κ3) is 3.42. The van der Waals surface area contributed by atoms with Crippen molar-refractivity contribution in [3.05, 3.63) is 56.4 Å². The van der Waals surface area contributed by atoms with E-state index in [1.807, 2.05) is 19.1 Å². The van der Waals surface area contributed by atoms with Crippen molar-refractivity contribution in [3.63, 3.8) is 0 Å². The lowest BCUT2D eigenvalue weighted by Gasteiger charge is -2.17. The van der Waals surface area contributed by atoms with Gasteiger partial charge in [-0.1, -0.05) is 6.92 Å². The van der Waals surface area contributed by atoms with Crippen LogP contribution in [-0.2, 0) is 17.6 Å². The first-order valence-electron chi connectivity index (χ1n) is 9.45. The fourth-order valence-corrected chi connectivity index (χ4v) is 5.10. The maximum absolute atomic E-state index is 12.8. The Bertz CT molecular complexity index is 1080. The molecule has 7 heteroatoms. The Hall–Kier alpha value is -2.67. The van der Waals surface area contributed by atoms with Gasteiger partial charge in [-0.3, -0.25) is 4.79 Å². The van der Waals surface area contributed by atoms with Gasteiger partial charge < -0.3 is 15.0 Å². The Labute approximate surface area is 167 Å². The van der Waals surface area contributed by atoms with Crippen LogP contribution < -0.4 is 10.9 Å². The highest BCUT2D eigenvalue weighted by atomic mass is 32.1. The second-order valence-corrected chi connectivity index (χ2v) is 8.50. The molecule has 0 amide bonds. The molecule has 0 unspecified atom stereocenters. The molecule has 4 rings (SSSR count). The topological polar surface area (TPSA) is 84.1 Å². The van der Waals surface area contributed by atoms with Crippen LogP contribution in [0.4, 0.5) is 5.69 Å². The average molecular weight is 398 g/mol. The second kappa shape index (κ2) is 7.39. The number of aromatic amines is 1. The summed E-state index contributed by atoms with van der Waals surface area (Å²) in [5.74, 6) is 0.904. The van der Waals surface area contributed by atoms with Gasteiger partial charge in [-0.15, -0.1) is 11.3 Å². The van der Waals surface area contributed by atoms with Gasteiger partial charge in [0.1, 0.15) is 10.7 Å². The SMILES string of the molecule is COC(=O)c1ccc(N[C@@H](C)c2nc3sc4c(c3c(=O)[nH]2)CC[C@@H](C)C4)cc1. The number of H-pyrrole nitrogens is 1. The van der Waals surface area contributed by atoms with Crippen LogP contribution in [0.25, 0.3) is 10.2 Å². The number of aromatic nitrogens is 2. The molecule has 1 aliphatic rings. The van der Waals surface area contributed by atoms with E-state index in [0.717, 1.165) is 35.2 Å². The summed E-state index contributed by atoms with van der Waals surface area (Å²) in [6.07, 6.45) is 3.12. The zero-order valence-electron chi connectivity index (χ0n) is 16.2. The third-order valence-corrected chi connectivity index (χ3v) is 6.43. The standard InChI is InChI=1S/C21H23N3O3S/c1-11-4-9-15-16(10-11)28-20-17(15)19(25)23-18(24-20)12(2)22-14-7-5-13(6-8-14)21(26)27-3/h5-8,11-12,22H,4,9-10H2,1-3H3,(H,23,24,25)/t11-,12+/m1/s1. The number of hydrogen-bond donors (Lipinski definition) is 2. The van der Waals surface area contributed by atoms with Crippen molar-refractivity contribution < 1.29 is 9.53 Å². The predicted molar refractivity (Wildman–Crippen MR) is 111 cm³/mol. The first kappa shape index (κ1) is 18.7. The largest absolute Gasteiger partial charge is 0.465 e. The summed E-state index contributed by atoms with van der Waals surface area (Å²) in [4.78, 5) is 34.1. The summed E-state index contributed by atoms with van der Waals surface area (Å²) < 4.78 is 4.71. The normalized spacial score (nSPS) is 17.2. The average Bonchev–Trinajstić information content (AvgIpc) is 3.05. The molecular weight excluding hydrogens is 374 g/mol. The first-order valence-corrected chi connectivity index (χ1v) is 10.3. The van der Waals surface area contributed by atoms with Crippen LogP contribution in [0.1, 0.15) is 52.9 Å². The van der Waals surface area contributed by atoms with Crippen molar-refractivity contribution >= 4 is 33.2 Å². The van der Waals surface area contributed by atoms with E-state index in [-0.39, 0.29) is 17.6 Å². The minimum absolute atomic E-state index is 0.0539. The lowest BCUT2D eigenvalue weighted by molar-refractivity contribution is 0.0601. The molecule has 2 N–H and O–H groups in total. The molecule has 1 aromatic carbocycles. The molecule has 0 saturated carbocycles. The second-order valence-electron chi connectivity index (χ2n) is 7.42. The van der Waals surface area contributed by atoms with Gasteiger partial charge in [-0.05, 0) is 61.9 Å². The van der Waals surface area contributed by atoms with Gasteiger partial charge in [0.05, 0.1) is 24.1 Å². The summed E-state index contributed by atoms with van der Waals surface area (Å²) in [7, 11) is 1.36. The molecule has 0 bridgehead atoms. The van der Waals surface area contributed by atoms with E-state index in [0.29, 0.717) is 17.3 Å². The van der Waals surface area contributed by atoms with Gasteiger partial charge in [-0.25, -0.2) is 9.78 Å². The van der Waals surface area contributed by atoms with Gasteiger partial charge in [0, 0.05) is 10.6 Å². The van der Waals surface area contributed by atoms with Gasteiger partial charge >= 0.3 is 5.97 Å². The van der Waals surface area contributed by atoms with Gasteiger partial charge in [-0.2, -0.15) is 0 Å². The summed E-state index contributed by atoms with van der Waals surface area (Å²) in [5.41, 5.74) is 2.47. The van der Waals surface area contributed by atoms with Crippen molar-refractivity contribution in [2.45, 2.75) is 39.2 Å². The number of anilines is 1. The van der Waals surface area contributed by atoms with Gasteiger partial charge in [0.25, 0.3) is 5.56 Å². The molecule has 2 aromatic heterocycles. The monoisotopic (exact) mass is 397 g/mol. The lowest BCUT2D eigenvalue weighted by Crippen LogP contribution is -2.18. The van der Waals surface area contributed by atoms with E-state index < -0.39 is 0 Å². The van der Waals surface area contributed by atoms with Crippen LogP contribution in [0.3, 0.4) is 0 Å². The van der Waals surface area contributed by atoms with E-state index in [9.17, 15) is 9.59 Å². The highest BCUT2D eigenvalue weighted by Crippen LogP contribution is 2.36. The Morgan fingerprint density at radius 2 is 2.11 bits per heavy atom. The number of thiophene rings is 1. The van der Waals surface area contributed by atoms with Crippen molar-refractivity contribution in [2.75, 3.05) is 12.4 Å². The molecule has 0 aliphatic heterocycles. The summed E-state index contributed by atoms with van der Waals surface area (Å²) in [5, 5.41) is 4.09. The zero-order valence-corrected chi connectivity index (χ0v) is 17.0. The maximum atomic E-state index is 12.8. The molecule has 146 valence electrons. The molecular formula is C21H23N3O3S. The Morgan fingerprint density at radius 3 is 2.82 bits per heavy atom. The molecule has 0 radical (unpaired) electrons. The van der Waals surface area contributed by atoms with E-state index in [1.54, 1.807) is 23.5 Å². The van der Waals surface area contributed by atoms with Crippen molar-refractivity contribution in [1.29, 1.82) is 0 Å².